The first-order valence-corrected chi connectivity index (χ1v) is 13.5. The van der Waals surface area contributed by atoms with Crippen LogP contribution in [0, 0.1) is 57.2 Å². The molecule has 176 valence electrons. The maximum absolute atomic E-state index is 10.6. The average Bonchev–Trinajstić information content (AvgIpc) is 3.11. The molecule has 5 rings (SSSR count). The molecule has 5 saturated carbocycles. The molecule has 5 aliphatic rings. The van der Waals surface area contributed by atoms with Gasteiger partial charge in [-0.05, 0) is 128 Å². The lowest BCUT2D eigenvalue weighted by atomic mass is 9.36. The number of aliphatic hydroxyl groups excluding tert-OH is 1. The van der Waals surface area contributed by atoms with Gasteiger partial charge in [-0.3, -0.25) is 0 Å². The second-order valence-electron chi connectivity index (χ2n) is 14.0. The smallest absolute Gasteiger partial charge is 0.0490 e. The molecule has 2 heteroatoms. The minimum atomic E-state index is 0.189. The second-order valence-corrected chi connectivity index (χ2v) is 14.0. The molecule has 3 N–H and O–H groups in total. The van der Waals surface area contributed by atoms with Crippen LogP contribution < -0.4 is 5.73 Å². The van der Waals surface area contributed by atoms with Gasteiger partial charge in [0.1, 0.15) is 0 Å². The van der Waals surface area contributed by atoms with Gasteiger partial charge in [0.2, 0.25) is 0 Å². The Morgan fingerprint density at radius 2 is 1.55 bits per heavy atom. The van der Waals surface area contributed by atoms with Crippen molar-refractivity contribution in [3.63, 3.8) is 0 Å². The molecular weight excluding hydrogens is 378 g/mol. The normalized spacial score (nSPS) is 55.5. The Hall–Kier alpha value is -0.340. The molecular formula is C29H49NO. The van der Waals surface area contributed by atoms with Gasteiger partial charge in [-0.15, -0.1) is 0 Å². The van der Waals surface area contributed by atoms with Crippen molar-refractivity contribution in [2.45, 2.75) is 105 Å². The van der Waals surface area contributed by atoms with E-state index in [-0.39, 0.29) is 10.8 Å². The van der Waals surface area contributed by atoms with Crippen LogP contribution in [-0.4, -0.2) is 17.8 Å². The average molecular weight is 428 g/mol. The highest BCUT2D eigenvalue weighted by Gasteiger charge is 2.66. The van der Waals surface area contributed by atoms with E-state index < -0.39 is 0 Å². The lowest BCUT2D eigenvalue weighted by molar-refractivity contribution is -0.202. The summed E-state index contributed by atoms with van der Waals surface area (Å²) in [6.07, 6.45) is 13.2. The molecule has 10 atom stereocenters. The van der Waals surface area contributed by atoms with E-state index in [0.717, 1.165) is 23.7 Å². The number of fused-ring (bicyclic) bond motifs is 7. The predicted octanol–water partition coefficient (Wildman–Crippen LogP) is 6.57. The number of rotatable bonds is 2. The van der Waals surface area contributed by atoms with Gasteiger partial charge in [-0.2, -0.15) is 0 Å². The molecule has 0 aliphatic heterocycles. The first-order chi connectivity index (χ1) is 14.5. The molecule has 0 saturated heterocycles. The Kier molecular flexibility index (Phi) is 5.13. The van der Waals surface area contributed by atoms with E-state index in [1.54, 1.807) is 0 Å². The lowest BCUT2D eigenvalue weighted by Gasteiger charge is -2.69. The van der Waals surface area contributed by atoms with Crippen molar-refractivity contribution in [3.8, 4) is 0 Å². The molecule has 1 unspecified atom stereocenters. The van der Waals surface area contributed by atoms with Crippen molar-refractivity contribution < 1.29 is 5.11 Å². The molecule has 5 aliphatic carbocycles. The van der Waals surface area contributed by atoms with E-state index in [1.165, 1.54) is 69.8 Å². The van der Waals surface area contributed by atoms with Crippen LogP contribution in [0.25, 0.3) is 0 Å². The molecule has 0 radical (unpaired) electrons. The van der Waals surface area contributed by atoms with Crippen LogP contribution in [0.5, 0.6) is 0 Å². The molecule has 31 heavy (non-hydrogen) atoms. The molecule has 0 aromatic rings. The van der Waals surface area contributed by atoms with Gasteiger partial charge >= 0.3 is 0 Å². The highest BCUT2D eigenvalue weighted by molar-refractivity contribution is 5.18. The second kappa shape index (κ2) is 7.08. The van der Waals surface area contributed by atoms with E-state index in [9.17, 15) is 5.11 Å². The van der Waals surface area contributed by atoms with Gasteiger partial charge in [0.05, 0.1) is 0 Å². The molecule has 0 amide bonds. The number of hydrogen-bond acceptors (Lipinski definition) is 2. The minimum absolute atomic E-state index is 0.189. The molecule has 0 aromatic carbocycles. The monoisotopic (exact) mass is 427 g/mol. The zero-order valence-corrected chi connectivity index (χ0v) is 21.1. The summed E-state index contributed by atoms with van der Waals surface area (Å²) in [4.78, 5) is 0. The van der Waals surface area contributed by atoms with E-state index in [2.05, 4.69) is 41.2 Å². The van der Waals surface area contributed by atoms with Crippen molar-refractivity contribution in [1.82, 2.24) is 0 Å². The standard InChI is InChI=1S/C29H49NO/c1-18(2)19-9-15-29(17-31)16-10-21-20(25(19)29)7-8-23-27(21,5)13-11-22-26(3,4)24(30)12-14-28(22,23)6/h19-25,31H,1,7-17,30H2,2-6H3/t19-,20-,21+,22-,23-,24?,25+,27-,28-,29+/m0/s1. The summed E-state index contributed by atoms with van der Waals surface area (Å²) in [5.41, 5.74) is 9.44. The zero-order valence-electron chi connectivity index (χ0n) is 21.1. The summed E-state index contributed by atoms with van der Waals surface area (Å²) in [5.74, 6) is 4.57. The summed E-state index contributed by atoms with van der Waals surface area (Å²) in [6, 6.07) is 0.362. The fourth-order valence-corrected chi connectivity index (χ4v) is 11.3. The molecule has 5 fully saturated rings. The van der Waals surface area contributed by atoms with Gasteiger partial charge in [-0.25, -0.2) is 0 Å². The highest BCUT2D eigenvalue weighted by Crippen LogP contribution is 2.73. The third kappa shape index (κ3) is 2.82. The van der Waals surface area contributed by atoms with Crippen LogP contribution in [0.2, 0.25) is 0 Å². The highest BCUT2D eigenvalue weighted by atomic mass is 16.3. The molecule has 0 bridgehead atoms. The van der Waals surface area contributed by atoms with Crippen LogP contribution in [0.4, 0.5) is 0 Å². The largest absolute Gasteiger partial charge is 0.396 e. The third-order valence-electron chi connectivity index (χ3n) is 12.8. The van der Waals surface area contributed by atoms with Crippen LogP contribution in [0.1, 0.15) is 98.8 Å². The summed E-state index contributed by atoms with van der Waals surface area (Å²) < 4.78 is 0. The van der Waals surface area contributed by atoms with E-state index in [0.29, 0.717) is 35.3 Å². The molecule has 0 heterocycles. The van der Waals surface area contributed by atoms with Crippen molar-refractivity contribution in [2.75, 3.05) is 6.61 Å². The van der Waals surface area contributed by atoms with Crippen LogP contribution in [0.3, 0.4) is 0 Å². The van der Waals surface area contributed by atoms with E-state index in [4.69, 9.17) is 5.73 Å². The van der Waals surface area contributed by atoms with E-state index in [1.807, 2.05) is 0 Å². The third-order valence-corrected chi connectivity index (χ3v) is 12.8. The number of nitrogens with two attached hydrogens (primary N) is 1. The summed E-state index contributed by atoms with van der Waals surface area (Å²) in [5, 5.41) is 10.6. The molecule has 0 spiro atoms. The van der Waals surface area contributed by atoms with Crippen molar-refractivity contribution >= 4 is 0 Å². The lowest BCUT2D eigenvalue weighted by Crippen LogP contribution is -2.64. The van der Waals surface area contributed by atoms with Gasteiger partial charge in [0.25, 0.3) is 0 Å². The quantitative estimate of drug-likeness (QED) is 0.489. The Morgan fingerprint density at radius 3 is 2.23 bits per heavy atom. The maximum Gasteiger partial charge on any atom is 0.0490 e. The Balaban J connectivity index is 1.50. The van der Waals surface area contributed by atoms with Crippen molar-refractivity contribution in [3.05, 3.63) is 12.2 Å². The van der Waals surface area contributed by atoms with Gasteiger partial charge in [0.15, 0.2) is 0 Å². The zero-order chi connectivity index (χ0) is 22.4. The van der Waals surface area contributed by atoms with Crippen LogP contribution in [0.15, 0.2) is 12.2 Å². The topological polar surface area (TPSA) is 46.2 Å². The van der Waals surface area contributed by atoms with Crippen LogP contribution >= 0.6 is 0 Å². The number of allylic oxidation sites excluding steroid dienone is 1. The maximum atomic E-state index is 10.6. The Morgan fingerprint density at radius 1 is 0.871 bits per heavy atom. The van der Waals surface area contributed by atoms with Crippen molar-refractivity contribution in [2.24, 2.45) is 62.9 Å². The molecule has 2 nitrogen and oxygen atoms in total. The Bertz CT molecular complexity index is 743. The fourth-order valence-electron chi connectivity index (χ4n) is 11.3. The SMILES string of the molecule is C=C(C)[C@@H]1CC[C@]2(CO)CC[C@@H]3[C@H](CC[C@H]4[C@@]3(C)CC[C@H]3C(C)(C)C(N)CC[C@]43C)[C@@H]12. The summed E-state index contributed by atoms with van der Waals surface area (Å²) in [6.45, 7) is 17.4. The van der Waals surface area contributed by atoms with Gasteiger partial charge in [0, 0.05) is 12.6 Å². The first-order valence-electron chi connectivity index (χ1n) is 13.5. The molecule has 0 aromatic heterocycles. The summed E-state index contributed by atoms with van der Waals surface area (Å²) >= 11 is 0. The number of hydrogen-bond donors (Lipinski definition) is 2. The van der Waals surface area contributed by atoms with Crippen molar-refractivity contribution in [1.29, 1.82) is 0 Å². The van der Waals surface area contributed by atoms with Gasteiger partial charge < -0.3 is 10.8 Å². The number of aliphatic hydroxyl groups is 1. The fraction of sp³-hybridized carbons (Fsp3) is 0.931. The summed E-state index contributed by atoms with van der Waals surface area (Å²) in [7, 11) is 0. The van der Waals surface area contributed by atoms with Gasteiger partial charge in [-0.1, -0.05) is 39.8 Å². The van der Waals surface area contributed by atoms with E-state index >= 15 is 0 Å². The Labute approximate surface area is 191 Å². The minimum Gasteiger partial charge on any atom is -0.396 e. The first kappa shape index (κ1) is 22.5. The predicted molar refractivity (Wildman–Crippen MR) is 129 cm³/mol. The van der Waals surface area contributed by atoms with Crippen LogP contribution in [-0.2, 0) is 0 Å².